The van der Waals surface area contributed by atoms with E-state index in [1.165, 1.54) is 16.7 Å². The number of rotatable bonds is 7. The van der Waals surface area contributed by atoms with E-state index in [0.717, 1.165) is 37.2 Å². The molecule has 0 saturated carbocycles. The largest absolute Gasteiger partial charge is 0.255 e. The quantitative estimate of drug-likeness (QED) is 0.358. The van der Waals surface area contributed by atoms with Crippen LogP contribution < -0.4 is 9.13 Å². The summed E-state index contributed by atoms with van der Waals surface area (Å²) in [6, 6.07) is 18.9. The van der Waals surface area contributed by atoms with Crippen LogP contribution in [0.1, 0.15) is 18.4 Å². The van der Waals surface area contributed by atoms with Gasteiger partial charge in [0, 0.05) is 43.1 Å². The van der Waals surface area contributed by atoms with Gasteiger partial charge in [-0.3, -0.25) is 9.97 Å². The lowest BCUT2D eigenvalue weighted by molar-refractivity contribution is -0.697. The van der Waals surface area contributed by atoms with Crippen molar-refractivity contribution in [2.75, 3.05) is 0 Å². The van der Waals surface area contributed by atoms with Crippen molar-refractivity contribution in [3.05, 3.63) is 97.3 Å². The van der Waals surface area contributed by atoms with Crippen LogP contribution >= 0.6 is 0 Å². The Bertz CT molecular complexity index is 1040. The summed E-state index contributed by atoms with van der Waals surface area (Å²) in [7, 11) is 2.04. The van der Waals surface area contributed by atoms with Gasteiger partial charge in [0.1, 0.15) is 13.6 Å². The van der Waals surface area contributed by atoms with Crippen LogP contribution in [0.2, 0.25) is 0 Å². The maximum absolute atomic E-state index is 4.46. The highest BCUT2D eigenvalue weighted by atomic mass is 14.9. The lowest BCUT2D eigenvalue weighted by Crippen LogP contribution is -2.32. The Balaban J connectivity index is 1.29. The van der Waals surface area contributed by atoms with Crippen molar-refractivity contribution >= 4 is 0 Å². The molecule has 0 aliphatic carbocycles. The molecule has 0 aromatic carbocycles. The number of aryl methyl sites for hydroxylation is 3. The van der Waals surface area contributed by atoms with Crippen LogP contribution in [0.15, 0.2) is 91.8 Å². The minimum absolute atomic E-state index is 0.928. The summed E-state index contributed by atoms with van der Waals surface area (Å²) in [4.78, 5) is 8.85. The van der Waals surface area contributed by atoms with Crippen LogP contribution in [0.25, 0.3) is 22.5 Å². The number of pyridine rings is 4. The molecule has 0 radical (unpaired) electrons. The summed E-state index contributed by atoms with van der Waals surface area (Å²) >= 11 is 0. The third kappa shape index (κ3) is 5.11. The second kappa shape index (κ2) is 9.20. The summed E-state index contributed by atoms with van der Waals surface area (Å²) in [6.45, 7) is 1.03. The normalized spacial score (nSPS) is 10.8. The molecule has 144 valence electrons. The molecule has 29 heavy (non-hydrogen) atoms. The van der Waals surface area contributed by atoms with E-state index in [1.54, 1.807) is 0 Å². The fraction of sp³-hybridized carbons (Fsp3) is 0.200. The molecule has 4 nitrogen and oxygen atoms in total. The fourth-order valence-electron chi connectivity index (χ4n) is 3.40. The Labute approximate surface area is 172 Å². The molecule has 0 aliphatic heterocycles. The molecule has 0 aliphatic rings. The molecule has 4 rings (SSSR count). The molecule has 0 spiro atoms. The molecule has 0 bridgehead atoms. The van der Waals surface area contributed by atoms with Crippen molar-refractivity contribution in [1.29, 1.82) is 0 Å². The van der Waals surface area contributed by atoms with Crippen LogP contribution in [-0.4, -0.2) is 9.97 Å². The molecule has 0 atom stereocenters. The van der Waals surface area contributed by atoms with Gasteiger partial charge < -0.3 is 0 Å². The van der Waals surface area contributed by atoms with Gasteiger partial charge in [0.15, 0.2) is 24.8 Å². The molecule has 0 saturated heterocycles. The van der Waals surface area contributed by atoms with Gasteiger partial charge in [-0.25, -0.2) is 9.13 Å². The van der Waals surface area contributed by atoms with E-state index in [4.69, 9.17) is 0 Å². The molecule has 0 amide bonds. The van der Waals surface area contributed by atoms with Crippen molar-refractivity contribution in [3.8, 4) is 22.5 Å². The van der Waals surface area contributed by atoms with Crippen molar-refractivity contribution in [2.45, 2.75) is 25.8 Å². The summed E-state index contributed by atoms with van der Waals surface area (Å²) in [5, 5.41) is 0. The Morgan fingerprint density at radius 1 is 0.724 bits per heavy atom. The van der Waals surface area contributed by atoms with Crippen molar-refractivity contribution in [3.63, 3.8) is 0 Å². The van der Waals surface area contributed by atoms with Gasteiger partial charge in [-0.05, 0) is 53.8 Å². The smallest absolute Gasteiger partial charge is 0.169 e. The Kier molecular flexibility index (Phi) is 6.01. The van der Waals surface area contributed by atoms with E-state index >= 15 is 0 Å². The highest BCUT2D eigenvalue weighted by Gasteiger charge is 2.05. The van der Waals surface area contributed by atoms with Gasteiger partial charge in [0.2, 0.25) is 0 Å². The lowest BCUT2D eigenvalue weighted by atomic mass is 10.1. The number of hydrogen-bond acceptors (Lipinski definition) is 2. The Morgan fingerprint density at radius 2 is 1.45 bits per heavy atom. The van der Waals surface area contributed by atoms with E-state index in [-0.39, 0.29) is 0 Å². The van der Waals surface area contributed by atoms with Gasteiger partial charge in [-0.15, -0.1) is 0 Å². The highest BCUT2D eigenvalue weighted by molar-refractivity contribution is 5.61. The molecule has 0 unspecified atom stereocenters. The highest BCUT2D eigenvalue weighted by Crippen LogP contribution is 2.17. The zero-order chi connectivity index (χ0) is 19.9. The number of unbranched alkanes of at least 4 members (excludes halogenated alkanes) is 1. The summed E-state index contributed by atoms with van der Waals surface area (Å²) < 4.78 is 4.31. The zero-order valence-electron chi connectivity index (χ0n) is 16.8. The fourth-order valence-corrected chi connectivity index (χ4v) is 3.40. The molecule has 4 aromatic heterocycles. The predicted molar refractivity (Wildman–Crippen MR) is 114 cm³/mol. The zero-order valence-corrected chi connectivity index (χ0v) is 16.8. The predicted octanol–water partition coefficient (Wildman–Crippen LogP) is 3.95. The first-order chi connectivity index (χ1) is 14.3. The third-order valence-electron chi connectivity index (χ3n) is 5.09. The second-order valence-electron chi connectivity index (χ2n) is 7.30. The maximum Gasteiger partial charge on any atom is 0.169 e. The summed E-state index contributed by atoms with van der Waals surface area (Å²) in [5.74, 6) is 0. The number of aromatic nitrogens is 4. The molecule has 4 aromatic rings. The number of nitrogens with zero attached hydrogens (tertiary/aromatic N) is 4. The monoisotopic (exact) mass is 382 g/mol. The van der Waals surface area contributed by atoms with Crippen molar-refractivity contribution < 1.29 is 9.13 Å². The van der Waals surface area contributed by atoms with Crippen LogP contribution in [0, 0.1) is 0 Å². The molecular weight excluding hydrogens is 356 g/mol. The SMILES string of the molecule is C[n+]1ccc(-c2cc[n+](CCCCc3ccnc(-c4ccccn4)c3)cc2)cc1. The molecular formula is C25H26N4+2. The van der Waals surface area contributed by atoms with E-state index in [2.05, 4.69) is 80.3 Å². The van der Waals surface area contributed by atoms with Gasteiger partial charge in [0.05, 0.1) is 11.4 Å². The van der Waals surface area contributed by atoms with Crippen LogP contribution in [-0.2, 0) is 20.0 Å². The molecule has 4 heterocycles. The van der Waals surface area contributed by atoms with Crippen molar-refractivity contribution in [2.24, 2.45) is 7.05 Å². The van der Waals surface area contributed by atoms with Crippen LogP contribution in [0.4, 0.5) is 0 Å². The standard InChI is InChI=1S/C25H26N4/c1-28-16-9-22(10-17-28)23-11-18-29(19-12-23)15-5-3-6-21-8-14-27-25(20-21)24-7-2-4-13-26-24/h2,4,7-14,16-20H,3,5-6,15H2,1H3/q+2. The van der Waals surface area contributed by atoms with E-state index in [1.807, 2.05) is 37.6 Å². The lowest BCUT2D eigenvalue weighted by Gasteiger charge is -2.04. The van der Waals surface area contributed by atoms with Crippen LogP contribution in [0.3, 0.4) is 0 Å². The molecule has 0 N–H and O–H groups in total. The van der Waals surface area contributed by atoms with Gasteiger partial charge in [-0.2, -0.15) is 0 Å². The van der Waals surface area contributed by atoms with Gasteiger partial charge in [-0.1, -0.05) is 6.07 Å². The average molecular weight is 383 g/mol. The topological polar surface area (TPSA) is 33.5 Å². The number of hydrogen-bond donors (Lipinski definition) is 0. The van der Waals surface area contributed by atoms with E-state index in [9.17, 15) is 0 Å². The molecule has 0 fully saturated rings. The first kappa shape index (κ1) is 18.9. The van der Waals surface area contributed by atoms with E-state index < -0.39 is 0 Å². The average Bonchev–Trinajstić information content (AvgIpc) is 2.79. The third-order valence-corrected chi connectivity index (χ3v) is 5.09. The van der Waals surface area contributed by atoms with Gasteiger partial charge in [0.25, 0.3) is 0 Å². The van der Waals surface area contributed by atoms with E-state index in [0.29, 0.717) is 0 Å². The summed E-state index contributed by atoms with van der Waals surface area (Å²) in [5.41, 5.74) is 5.69. The summed E-state index contributed by atoms with van der Waals surface area (Å²) in [6.07, 6.45) is 15.6. The van der Waals surface area contributed by atoms with Crippen LogP contribution in [0.5, 0.6) is 0 Å². The van der Waals surface area contributed by atoms with Crippen molar-refractivity contribution in [1.82, 2.24) is 9.97 Å². The Hall–Kier alpha value is -3.40. The molecule has 4 heteroatoms. The first-order valence-electron chi connectivity index (χ1n) is 10.1. The maximum atomic E-state index is 4.46. The van der Waals surface area contributed by atoms with Gasteiger partial charge >= 0.3 is 0 Å². The minimum atomic E-state index is 0.928. The minimum Gasteiger partial charge on any atom is -0.255 e. The second-order valence-corrected chi connectivity index (χ2v) is 7.30. The Morgan fingerprint density at radius 3 is 2.17 bits per heavy atom. The first-order valence-corrected chi connectivity index (χ1v) is 10.1.